The second kappa shape index (κ2) is 5.63. The van der Waals surface area contributed by atoms with E-state index in [9.17, 15) is 0 Å². The van der Waals surface area contributed by atoms with Gasteiger partial charge in [-0.1, -0.05) is 6.92 Å². The van der Waals surface area contributed by atoms with E-state index < -0.39 is 0 Å². The molecule has 0 N–H and O–H groups in total. The van der Waals surface area contributed by atoms with Gasteiger partial charge in [0, 0.05) is 47.0 Å². The first-order valence-electron chi connectivity index (χ1n) is 5.88. The molecular weight excluding hydrogens is 284 g/mol. The van der Waals surface area contributed by atoms with Gasteiger partial charge in [-0.2, -0.15) is 0 Å². The van der Waals surface area contributed by atoms with Gasteiger partial charge in [-0.25, -0.2) is 0 Å². The van der Waals surface area contributed by atoms with Crippen LogP contribution in [0.15, 0.2) is 15.9 Å². The maximum atomic E-state index is 3.51. The monoisotopic (exact) mass is 302 g/mol. The molecule has 1 atom stereocenters. The Morgan fingerprint density at radius 2 is 2.31 bits per heavy atom. The smallest absolute Gasteiger partial charge is 0.0329 e. The molecule has 1 saturated heterocycles. The van der Waals surface area contributed by atoms with Gasteiger partial charge < -0.3 is 0 Å². The average molecular weight is 303 g/mol. The van der Waals surface area contributed by atoms with Gasteiger partial charge in [0.2, 0.25) is 0 Å². The molecule has 90 valence electrons. The molecule has 2 rings (SSSR count). The van der Waals surface area contributed by atoms with Crippen LogP contribution in [0, 0.1) is 0 Å². The minimum Gasteiger partial charge on any atom is -0.298 e. The van der Waals surface area contributed by atoms with Crippen molar-refractivity contribution in [1.82, 2.24) is 9.80 Å². The average Bonchev–Trinajstić information content (AvgIpc) is 2.64. The SMILES string of the molecule is CCN1CCN(Cc2cc(Br)cs2)CC1C. The maximum Gasteiger partial charge on any atom is 0.0329 e. The maximum absolute atomic E-state index is 3.51. The number of hydrogen-bond donors (Lipinski definition) is 0. The third-order valence-corrected chi connectivity index (χ3v) is 4.94. The molecule has 0 aromatic carbocycles. The molecule has 1 aromatic heterocycles. The van der Waals surface area contributed by atoms with Crippen LogP contribution in [0.3, 0.4) is 0 Å². The standard InChI is InChI=1S/C12H19BrN2S/c1-3-15-5-4-14(7-10(15)2)8-12-6-11(13)9-16-12/h6,9-10H,3-5,7-8H2,1-2H3. The van der Waals surface area contributed by atoms with Gasteiger partial charge in [0.25, 0.3) is 0 Å². The Bertz CT molecular complexity index is 340. The van der Waals surface area contributed by atoms with E-state index >= 15 is 0 Å². The van der Waals surface area contributed by atoms with Gasteiger partial charge in [0.1, 0.15) is 0 Å². The van der Waals surface area contributed by atoms with Gasteiger partial charge >= 0.3 is 0 Å². The molecule has 0 saturated carbocycles. The molecule has 1 fully saturated rings. The lowest BCUT2D eigenvalue weighted by molar-refractivity contribution is 0.0841. The first-order valence-corrected chi connectivity index (χ1v) is 7.55. The molecule has 2 nitrogen and oxygen atoms in total. The molecule has 0 spiro atoms. The van der Waals surface area contributed by atoms with E-state index in [2.05, 4.69) is 51.0 Å². The predicted molar refractivity (Wildman–Crippen MR) is 74.0 cm³/mol. The van der Waals surface area contributed by atoms with Crippen molar-refractivity contribution in [1.29, 1.82) is 0 Å². The van der Waals surface area contributed by atoms with Crippen LogP contribution in [0.2, 0.25) is 0 Å². The first kappa shape index (κ1) is 12.6. The molecule has 1 aliphatic heterocycles. The number of likely N-dealkylation sites (N-methyl/N-ethyl adjacent to an activating group) is 1. The molecule has 0 aliphatic carbocycles. The summed E-state index contributed by atoms with van der Waals surface area (Å²) in [5, 5.41) is 2.17. The zero-order valence-corrected chi connectivity index (χ0v) is 12.4. The van der Waals surface area contributed by atoms with Crippen molar-refractivity contribution in [3.8, 4) is 0 Å². The highest BCUT2D eigenvalue weighted by Crippen LogP contribution is 2.22. The van der Waals surface area contributed by atoms with Gasteiger partial charge in [-0.05, 0) is 35.5 Å². The second-order valence-corrected chi connectivity index (χ2v) is 6.36. The first-order chi connectivity index (χ1) is 7.69. The Hall–Kier alpha value is 0.1000. The van der Waals surface area contributed by atoms with E-state index in [4.69, 9.17) is 0 Å². The molecule has 2 heterocycles. The Morgan fingerprint density at radius 1 is 1.50 bits per heavy atom. The Balaban J connectivity index is 1.88. The Labute approximate surface area is 110 Å². The van der Waals surface area contributed by atoms with Crippen LogP contribution in [0.4, 0.5) is 0 Å². The third kappa shape index (κ3) is 3.06. The number of thiophene rings is 1. The van der Waals surface area contributed by atoms with E-state index in [1.165, 1.54) is 35.5 Å². The van der Waals surface area contributed by atoms with Crippen LogP contribution < -0.4 is 0 Å². The number of rotatable bonds is 3. The van der Waals surface area contributed by atoms with E-state index in [1.54, 1.807) is 0 Å². The van der Waals surface area contributed by atoms with Gasteiger partial charge in [-0.3, -0.25) is 9.80 Å². The quantitative estimate of drug-likeness (QED) is 0.847. The number of hydrogen-bond acceptors (Lipinski definition) is 3. The van der Waals surface area contributed by atoms with Crippen LogP contribution >= 0.6 is 27.3 Å². The molecular formula is C12H19BrN2S. The normalized spacial score (nSPS) is 23.8. The van der Waals surface area contributed by atoms with Crippen LogP contribution in [-0.2, 0) is 6.54 Å². The molecule has 16 heavy (non-hydrogen) atoms. The molecule has 1 aliphatic rings. The fraction of sp³-hybridized carbons (Fsp3) is 0.667. The minimum absolute atomic E-state index is 0.696. The molecule has 0 radical (unpaired) electrons. The summed E-state index contributed by atoms with van der Waals surface area (Å²) in [5.74, 6) is 0. The van der Waals surface area contributed by atoms with Crippen LogP contribution in [-0.4, -0.2) is 42.0 Å². The van der Waals surface area contributed by atoms with Crippen molar-refractivity contribution in [2.24, 2.45) is 0 Å². The third-order valence-electron chi connectivity index (χ3n) is 3.26. The largest absolute Gasteiger partial charge is 0.298 e. The highest BCUT2D eigenvalue weighted by atomic mass is 79.9. The van der Waals surface area contributed by atoms with Crippen molar-refractivity contribution in [3.05, 3.63) is 20.8 Å². The Kier molecular flexibility index (Phi) is 4.41. The van der Waals surface area contributed by atoms with Crippen molar-refractivity contribution in [2.45, 2.75) is 26.4 Å². The summed E-state index contributed by atoms with van der Waals surface area (Å²) < 4.78 is 1.22. The van der Waals surface area contributed by atoms with Crippen molar-refractivity contribution >= 4 is 27.3 Å². The van der Waals surface area contributed by atoms with E-state index in [1.807, 2.05) is 11.3 Å². The topological polar surface area (TPSA) is 6.48 Å². The van der Waals surface area contributed by atoms with E-state index in [-0.39, 0.29) is 0 Å². The molecule has 4 heteroatoms. The molecule has 1 aromatic rings. The van der Waals surface area contributed by atoms with Gasteiger partial charge in [-0.15, -0.1) is 11.3 Å². The second-order valence-electron chi connectivity index (χ2n) is 4.44. The number of piperazine rings is 1. The number of nitrogens with zero attached hydrogens (tertiary/aromatic N) is 2. The van der Waals surface area contributed by atoms with Crippen molar-refractivity contribution in [2.75, 3.05) is 26.2 Å². The molecule has 0 amide bonds. The highest BCUT2D eigenvalue weighted by Gasteiger charge is 2.22. The molecule has 0 bridgehead atoms. The summed E-state index contributed by atoms with van der Waals surface area (Å²) in [6.45, 7) is 10.5. The summed E-state index contributed by atoms with van der Waals surface area (Å²) in [7, 11) is 0. The fourth-order valence-corrected chi connectivity index (χ4v) is 3.83. The zero-order chi connectivity index (χ0) is 11.5. The lowest BCUT2D eigenvalue weighted by Crippen LogP contribution is -2.51. The zero-order valence-electron chi connectivity index (χ0n) is 9.95. The van der Waals surface area contributed by atoms with Crippen molar-refractivity contribution in [3.63, 3.8) is 0 Å². The predicted octanol–water partition coefficient (Wildman–Crippen LogP) is 3.04. The van der Waals surface area contributed by atoms with Crippen molar-refractivity contribution < 1.29 is 0 Å². The summed E-state index contributed by atoms with van der Waals surface area (Å²) >= 11 is 5.36. The number of halogens is 1. The van der Waals surface area contributed by atoms with Crippen LogP contribution in [0.5, 0.6) is 0 Å². The molecule has 1 unspecified atom stereocenters. The Morgan fingerprint density at radius 3 is 2.88 bits per heavy atom. The van der Waals surface area contributed by atoms with Crippen LogP contribution in [0.25, 0.3) is 0 Å². The van der Waals surface area contributed by atoms with E-state index in [0.29, 0.717) is 6.04 Å². The van der Waals surface area contributed by atoms with Gasteiger partial charge in [0.05, 0.1) is 0 Å². The summed E-state index contributed by atoms with van der Waals surface area (Å²) in [6, 6.07) is 2.93. The van der Waals surface area contributed by atoms with E-state index in [0.717, 1.165) is 6.54 Å². The summed E-state index contributed by atoms with van der Waals surface area (Å²) in [6.07, 6.45) is 0. The highest BCUT2D eigenvalue weighted by molar-refractivity contribution is 9.10. The summed E-state index contributed by atoms with van der Waals surface area (Å²) in [4.78, 5) is 6.58. The van der Waals surface area contributed by atoms with Crippen LogP contribution in [0.1, 0.15) is 18.7 Å². The lowest BCUT2D eigenvalue weighted by Gasteiger charge is -2.39. The minimum atomic E-state index is 0.696. The lowest BCUT2D eigenvalue weighted by atomic mass is 10.2. The fourth-order valence-electron chi connectivity index (χ4n) is 2.34. The van der Waals surface area contributed by atoms with Gasteiger partial charge in [0.15, 0.2) is 0 Å². The summed E-state index contributed by atoms with van der Waals surface area (Å²) in [5.41, 5.74) is 0.